The minimum Gasteiger partial charge on any atom is -0.466 e. The summed E-state index contributed by atoms with van der Waals surface area (Å²) in [5.74, 6) is -0.429. The maximum atomic E-state index is 12.0. The van der Waals surface area contributed by atoms with Crippen LogP contribution in [0.3, 0.4) is 0 Å². The van der Waals surface area contributed by atoms with Crippen LogP contribution < -0.4 is 5.32 Å². The largest absolute Gasteiger partial charge is 0.466 e. The fourth-order valence-corrected chi connectivity index (χ4v) is 3.08. The molecule has 0 bridgehead atoms. The zero-order chi connectivity index (χ0) is 15.3. The molecule has 2 atom stereocenters. The Morgan fingerprint density at radius 2 is 1.84 bits per heavy atom. The van der Waals surface area contributed by atoms with Crippen molar-refractivity contribution in [2.24, 2.45) is 5.92 Å². The van der Waals surface area contributed by atoms with Crippen molar-refractivity contribution in [2.45, 2.75) is 58.9 Å². The van der Waals surface area contributed by atoms with Crippen molar-refractivity contribution in [3.63, 3.8) is 0 Å². The molecule has 0 aliphatic rings. The normalized spacial score (nSPS) is 16.0. The Balaban J connectivity index is 4.82. The molecule has 114 valence electrons. The Bertz CT molecular complexity index is 287. The van der Waals surface area contributed by atoms with Crippen LogP contribution in [0.1, 0.15) is 34.6 Å². The molecule has 0 rings (SSSR count). The molecule has 0 aromatic rings. The number of esters is 1. The smallest absolute Gasteiger partial charge is 0.312 e. The lowest BCUT2D eigenvalue weighted by Crippen LogP contribution is -2.48. The minimum atomic E-state index is -1.86. The molecule has 0 aliphatic heterocycles. The van der Waals surface area contributed by atoms with Gasteiger partial charge in [0.05, 0.1) is 18.6 Å². The molecule has 0 saturated heterocycles. The van der Waals surface area contributed by atoms with Gasteiger partial charge in [-0.25, -0.2) is 0 Å². The van der Waals surface area contributed by atoms with Crippen LogP contribution in [0.4, 0.5) is 0 Å². The standard InChI is InChI=1S/C14H31NO3Si/c1-9-17-13(16)12(10-15-6)11(2)18-19(7,8)14(3,4)5/h11-12,15H,9-10H2,1-8H3/t11-,12+/m1/s1. The first-order chi connectivity index (χ1) is 8.56. The zero-order valence-corrected chi connectivity index (χ0v) is 14.8. The number of ether oxygens (including phenoxy) is 1. The first-order valence-electron chi connectivity index (χ1n) is 7.06. The first kappa shape index (κ1) is 18.6. The molecule has 0 radical (unpaired) electrons. The quantitative estimate of drug-likeness (QED) is 0.578. The molecule has 0 amide bonds. The topological polar surface area (TPSA) is 47.6 Å². The predicted octanol–water partition coefficient (Wildman–Crippen LogP) is 2.80. The molecular weight excluding hydrogens is 258 g/mol. The molecule has 4 nitrogen and oxygen atoms in total. The van der Waals surface area contributed by atoms with Gasteiger partial charge >= 0.3 is 5.97 Å². The van der Waals surface area contributed by atoms with Crippen LogP contribution in [0, 0.1) is 5.92 Å². The molecule has 0 fully saturated rings. The van der Waals surface area contributed by atoms with E-state index in [0.717, 1.165) is 0 Å². The number of carbonyl (C=O) groups excluding carboxylic acids is 1. The van der Waals surface area contributed by atoms with Gasteiger partial charge in [0.25, 0.3) is 0 Å². The highest BCUT2D eigenvalue weighted by molar-refractivity contribution is 6.74. The van der Waals surface area contributed by atoms with E-state index in [-0.39, 0.29) is 23.0 Å². The summed E-state index contributed by atoms with van der Waals surface area (Å²) >= 11 is 0. The maximum Gasteiger partial charge on any atom is 0.312 e. The predicted molar refractivity (Wildman–Crippen MR) is 81.8 cm³/mol. The van der Waals surface area contributed by atoms with Crippen LogP contribution in [-0.2, 0) is 14.0 Å². The van der Waals surface area contributed by atoms with Gasteiger partial charge in [0.1, 0.15) is 0 Å². The summed E-state index contributed by atoms with van der Waals surface area (Å²) in [5.41, 5.74) is 0. The van der Waals surface area contributed by atoms with E-state index < -0.39 is 8.32 Å². The number of nitrogens with one attached hydrogen (secondary N) is 1. The summed E-state index contributed by atoms with van der Waals surface area (Å²) in [6, 6.07) is 0. The fourth-order valence-electron chi connectivity index (χ4n) is 1.63. The summed E-state index contributed by atoms with van der Waals surface area (Å²) in [6.45, 7) is 15.8. The van der Waals surface area contributed by atoms with Crippen molar-refractivity contribution in [1.82, 2.24) is 5.32 Å². The SMILES string of the molecule is CCOC(=O)[C@@H](CNC)[C@@H](C)O[Si](C)(C)C(C)(C)C. The molecule has 0 aliphatic carbocycles. The Labute approximate surface area is 119 Å². The average molecular weight is 289 g/mol. The molecule has 0 unspecified atom stereocenters. The molecule has 0 aromatic carbocycles. The minimum absolute atomic E-state index is 0.132. The van der Waals surface area contributed by atoms with Gasteiger partial charge < -0.3 is 14.5 Å². The molecular formula is C14H31NO3Si. The van der Waals surface area contributed by atoms with Crippen molar-refractivity contribution >= 4 is 14.3 Å². The fraction of sp³-hybridized carbons (Fsp3) is 0.929. The Kier molecular flexibility index (Phi) is 7.25. The van der Waals surface area contributed by atoms with E-state index in [1.165, 1.54) is 0 Å². The highest BCUT2D eigenvalue weighted by Gasteiger charge is 2.40. The highest BCUT2D eigenvalue weighted by atomic mass is 28.4. The number of hydrogen-bond acceptors (Lipinski definition) is 4. The maximum absolute atomic E-state index is 12.0. The van der Waals surface area contributed by atoms with E-state index in [2.05, 4.69) is 39.2 Å². The summed E-state index contributed by atoms with van der Waals surface area (Å²) in [7, 11) is -0.0256. The van der Waals surface area contributed by atoms with Gasteiger partial charge in [0.15, 0.2) is 8.32 Å². The number of carbonyl (C=O) groups is 1. The second kappa shape index (κ2) is 7.41. The van der Waals surface area contributed by atoms with E-state index in [0.29, 0.717) is 13.2 Å². The van der Waals surface area contributed by atoms with Crippen molar-refractivity contribution in [2.75, 3.05) is 20.2 Å². The van der Waals surface area contributed by atoms with E-state index in [1.54, 1.807) is 0 Å². The van der Waals surface area contributed by atoms with Crippen LogP contribution >= 0.6 is 0 Å². The van der Waals surface area contributed by atoms with Gasteiger partial charge in [0, 0.05) is 6.54 Å². The van der Waals surface area contributed by atoms with Crippen molar-refractivity contribution < 1.29 is 14.0 Å². The number of hydrogen-bond donors (Lipinski definition) is 1. The third-order valence-electron chi connectivity index (χ3n) is 3.87. The third-order valence-corrected chi connectivity index (χ3v) is 8.44. The zero-order valence-electron chi connectivity index (χ0n) is 13.8. The van der Waals surface area contributed by atoms with E-state index in [1.807, 2.05) is 20.9 Å². The van der Waals surface area contributed by atoms with Crippen molar-refractivity contribution in [3.05, 3.63) is 0 Å². The summed E-state index contributed by atoms with van der Waals surface area (Å²) < 4.78 is 11.4. The lowest BCUT2D eigenvalue weighted by Gasteiger charge is -2.40. The van der Waals surface area contributed by atoms with Crippen molar-refractivity contribution in [3.8, 4) is 0 Å². The van der Waals surface area contributed by atoms with Crippen LogP contribution in [0.25, 0.3) is 0 Å². The Morgan fingerprint density at radius 1 is 1.32 bits per heavy atom. The summed E-state index contributed by atoms with van der Waals surface area (Å²) in [6.07, 6.45) is -0.132. The second-order valence-corrected chi connectivity index (χ2v) is 11.3. The van der Waals surface area contributed by atoms with Gasteiger partial charge in [-0.05, 0) is 39.0 Å². The molecule has 1 N–H and O–H groups in total. The summed E-state index contributed by atoms with van der Waals surface area (Å²) in [5, 5.41) is 3.19. The Morgan fingerprint density at radius 3 is 2.21 bits per heavy atom. The average Bonchev–Trinajstić information content (AvgIpc) is 2.23. The molecule has 0 saturated carbocycles. The van der Waals surface area contributed by atoms with Gasteiger partial charge in [-0.2, -0.15) is 0 Å². The van der Waals surface area contributed by atoms with Gasteiger partial charge in [-0.1, -0.05) is 20.8 Å². The van der Waals surface area contributed by atoms with Crippen LogP contribution in [0.15, 0.2) is 0 Å². The van der Waals surface area contributed by atoms with E-state index >= 15 is 0 Å². The van der Waals surface area contributed by atoms with E-state index in [9.17, 15) is 4.79 Å². The van der Waals surface area contributed by atoms with Gasteiger partial charge in [0.2, 0.25) is 0 Å². The number of rotatable bonds is 7. The van der Waals surface area contributed by atoms with Crippen molar-refractivity contribution in [1.29, 1.82) is 0 Å². The highest BCUT2D eigenvalue weighted by Crippen LogP contribution is 2.38. The lowest BCUT2D eigenvalue weighted by molar-refractivity contribution is -0.151. The molecule has 0 heterocycles. The Hall–Kier alpha value is -0.393. The van der Waals surface area contributed by atoms with Crippen LogP contribution in [-0.4, -0.2) is 40.6 Å². The van der Waals surface area contributed by atoms with Crippen LogP contribution in [0.5, 0.6) is 0 Å². The lowest BCUT2D eigenvalue weighted by atomic mass is 10.0. The molecule has 19 heavy (non-hydrogen) atoms. The van der Waals surface area contributed by atoms with Gasteiger partial charge in [-0.15, -0.1) is 0 Å². The monoisotopic (exact) mass is 289 g/mol. The molecule has 5 heteroatoms. The first-order valence-corrected chi connectivity index (χ1v) is 9.96. The summed E-state index contributed by atoms with van der Waals surface area (Å²) in [4.78, 5) is 12.0. The molecule has 0 aromatic heterocycles. The second-order valence-electron chi connectivity index (χ2n) is 6.50. The molecule has 0 spiro atoms. The van der Waals surface area contributed by atoms with Crippen LogP contribution in [0.2, 0.25) is 18.1 Å². The third kappa shape index (κ3) is 5.63. The van der Waals surface area contributed by atoms with Gasteiger partial charge in [-0.3, -0.25) is 4.79 Å². The van der Waals surface area contributed by atoms with E-state index in [4.69, 9.17) is 9.16 Å².